The highest BCUT2D eigenvalue weighted by atomic mass is 32.2. The number of amides is 1. The molecule has 1 amide bonds. The van der Waals surface area contributed by atoms with Crippen molar-refractivity contribution in [3.63, 3.8) is 0 Å². The zero-order chi connectivity index (χ0) is 20.7. The van der Waals surface area contributed by atoms with Crippen LogP contribution in [0.4, 0.5) is 5.13 Å². The predicted molar refractivity (Wildman–Crippen MR) is 114 cm³/mol. The quantitative estimate of drug-likeness (QED) is 0.315. The summed E-state index contributed by atoms with van der Waals surface area (Å²) >= 11 is 2.77. The summed E-state index contributed by atoms with van der Waals surface area (Å²) in [7, 11) is -3.78. The zero-order valence-electron chi connectivity index (χ0n) is 15.0. The van der Waals surface area contributed by atoms with Crippen molar-refractivity contribution in [1.29, 1.82) is 0 Å². The number of benzene rings is 2. The molecule has 0 unspecified atom stereocenters. The number of carbonyl (C=O) groups excluding carboxylic acids is 1. The first-order valence-corrected chi connectivity index (χ1v) is 11.6. The number of carbonyl (C=O) groups is 1. The van der Waals surface area contributed by atoms with Crippen LogP contribution in [0.2, 0.25) is 0 Å². The number of hydrogen-bond acceptors (Lipinski definition) is 7. The maximum absolute atomic E-state index is 12.5. The Morgan fingerprint density at radius 3 is 2.69 bits per heavy atom. The van der Waals surface area contributed by atoms with E-state index >= 15 is 0 Å². The van der Waals surface area contributed by atoms with Gasteiger partial charge in [-0.15, -0.1) is 16.6 Å². The topological polar surface area (TPSA) is 101 Å². The van der Waals surface area contributed by atoms with Gasteiger partial charge >= 0.3 is 0 Å². The number of rotatable bonds is 8. The summed E-state index contributed by atoms with van der Waals surface area (Å²) in [5.41, 5.74) is 1.34. The highest BCUT2D eigenvalue weighted by Gasteiger charge is 2.16. The van der Waals surface area contributed by atoms with Gasteiger partial charge in [-0.1, -0.05) is 65.4 Å². The fraction of sp³-hybridized carbons (Fsp3) is 0.105. The van der Waals surface area contributed by atoms with Gasteiger partial charge in [0.05, 0.1) is 11.4 Å². The summed E-state index contributed by atoms with van der Waals surface area (Å²) in [5, 5.41) is 11.0. The maximum atomic E-state index is 12.5. The minimum absolute atomic E-state index is 0.0447. The fourth-order valence-electron chi connectivity index (χ4n) is 2.23. The number of nitrogens with one attached hydrogen (secondary N) is 2. The number of sulfonamides is 1. The van der Waals surface area contributed by atoms with Gasteiger partial charge in [-0.3, -0.25) is 10.1 Å². The number of aromatic nitrogens is 2. The first-order chi connectivity index (χ1) is 14.0. The smallest absolute Gasteiger partial charge is 0.257 e. The van der Waals surface area contributed by atoms with Gasteiger partial charge in [0, 0.05) is 11.3 Å². The van der Waals surface area contributed by atoms with E-state index in [1.807, 2.05) is 30.3 Å². The van der Waals surface area contributed by atoms with Gasteiger partial charge < -0.3 is 0 Å². The van der Waals surface area contributed by atoms with Crippen molar-refractivity contribution >= 4 is 44.2 Å². The highest BCUT2D eigenvalue weighted by molar-refractivity contribution is 8.00. The molecule has 3 rings (SSSR count). The second kappa shape index (κ2) is 9.67. The summed E-state index contributed by atoms with van der Waals surface area (Å²) in [6, 6.07) is 15.6. The molecule has 29 heavy (non-hydrogen) atoms. The first-order valence-electron chi connectivity index (χ1n) is 8.33. The molecule has 2 N–H and O–H groups in total. The van der Waals surface area contributed by atoms with Gasteiger partial charge in [0.25, 0.3) is 5.91 Å². The molecule has 0 radical (unpaired) electrons. The lowest BCUT2D eigenvalue weighted by Gasteiger charge is -2.06. The summed E-state index contributed by atoms with van der Waals surface area (Å²) in [6.45, 7) is -0.132. The Morgan fingerprint density at radius 2 is 1.93 bits per heavy atom. The SMILES string of the molecule is C#CCNS(=O)(=O)c1cccc(C(=O)Nc2nnc(SCc3ccccc3)s2)c1. The second-order valence-corrected chi connectivity index (χ2v) is 9.62. The van der Waals surface area contributed by atoms with E-state index in [4.69, 9.17) is 6.42 Å². The lowest BCUT2D eigenvalue weighted by Crippen LogP contribution is -2.24. The Labute approximate surface area is 177 Å². The van der Waals surface area contributed by atoms with Crippen LogP contribution in [-0.2, 0) is 15.8 Å². The Balaban J connectivity index is 1.64. The van der Waals surface area contributed by atoms with Gasteiger partial charge in [0.15, 0.2) is 4.34 Å². The third-order valence-corrected chi connectivity index (χ3v) is 7.04. The fourth-order valence-corrected chi connectivity index (χ4v) is 4.91. The molecule has 0 atom stereocenters. The van der Waals surface area contributed by atoms with Gasteiger partial charge in [-0.25, -0.2) is 8.42 Å². The van der Waals surface area contributed by atoms with Crippen LogP contribution in [0.1, 0.15) is 15.9 Å². The number of thioether (sulfide) groups is 1. The molecule has 148 valence electrons. The van der Waals surface area contributed by atoms with Crippen molar-refractivity contribution in [3.05, 3.63) is 65.7 Å². The Morgan fingerprint density at radius 1 is 1.14 bits per heavy atom. The molecule has 7 nitrogen and oxygen atoms in total. The summed E-state index contributed by atoms with van der Waals surface area (Å²) in [6.07, 6.45) is 5.08. The van der Waals surface area contributed by atoms with E-state index in [1.54, 1.807) is 0 Å². The van der Waals surface area contributed by atoms with Crippen molar-refractivity contribution in [1.82, 2.24) is 14.9 Å². The Kier molecular flexibility index (Phi) is 7.00. The molecule has 0 saturated carbocycles. The number of hydrogen-bond donors (Lipinski definition) is 2. The minimum Gasteiger partial charge on any atom is -0.296 e. The molecular formula is C19H16N4O3S3. The Hall–Kier alpha value is -2.71. The van der Waals surface area contributed by atoms with E-state index < -0.39 is 15.9 Å². The Bertz CT molecular complexity index is 1140. The first kappa shape index (κ1) is 21.0. The minimum atomic E-state index is -3.78. The lowest BCUT2D eigenvalue weighted by atomic mass is 10.2. The lowest BCUT2D eigenvalue weighted by molar-refractivity contribution is 0.102. The predicted octanol–water partition coefficient (Wildman–Crippen LogP) is 2.99. The van der Waals surface area contributed by atoms with Gasteiger partial charge in [0.2, 0.25) is 15.2 Å². The van der Waals surface area contributed by atoms with Crippen LogP contribution in [0.25, 0.3) is 0 Å². The third-order valence-electron chi connectivity index (χ3n) is 3.60. The molecule has 1 aromatic heterocycles. The number of anilines is 1. The molecule has 3 aromatic rings. The maximum Gasteiger partial charge on any atom is 0.257 e. The molecule has 10 heteroatoms. The number of terminal acetylenes is 1. The third kappa shape index (κ3) is 5.88. The van der Waals surface area contributed by atoms with Crippen LogP contribution >= 0.6 is 23.1 Å². The van der Waals surface area contributed by atoms with Crippen LogP contribution in [0, 0.1) is 12.3 Å². The van der Waals surface area contributed by atoms with Crippen molar-refractivity contribution in [2.45, 2.75) is 15.0 Å². The zero-order valence-corrected chi connectivity index (χ0v) is 17.5. The van der Waals surface area contributed by atoms with E-state index in [-0.39, 0.29) is 17.0 Å². The molecule has 0 aliphatic rings. The van der Waals surface area contributed by atoms with Crippen LogP contribution in [0.15, 0.2) is 63.8 Å². The van der Waals surface area contributed by atoms with E-state index in [0.717, 1.165) is 15.7 Å². The van der Waals surface area contributed by atoms with Gasteiger partial charge in [-0.05, 0) is 23.8 Å². The molecule has 0 aliphatic carbocycles. The van der Waals surface area contributed by atoms with E-state index in [0.29, 0.717) is 5.13 Å². The monoisotopic (exact) mass is 444 g/mol. The molecular weight excluding hydrogens is 428 g/mol. The average molecular weight is 445 g/mol. The summed E-state index contributed by atoms with van der Waals surface area (Å²) in [4.78, 5) is 12.4. The number of nitrogens with zero attached hydrogens (tertiary/aromatic N) is 2. The van der Waals surface area contributed by atoms with Crippen LogP contribution < -0.4 is 10.0 Å². The molecule has 0 fully saturated rings. The van der Waals surface area contributed by atoms with Gasteiger partial charge in [-0.2, -0.15) is 4.72 Å². The second-order valence-electron chi connectivity index (χ2n) is 5.66. The van der Waals surface area contributed by atoms with Crippen LogP contribution in [-0.4, -0.2) is 31.1 Å². The molecule has 0 spiro atoms. The van der Waals surface area contributed by atoms with Crippen molar-refractivity contribution in [2.24, 2.45) is 0 Å². The largest absolute Gasteiger partial charge is 0.296 e. The standard InChI is InChI=1S/C19H16N4O3S3/c1-2-11-20-29(25,26)16-10-6-9-15(12-16)17(24)21-18-22-23-19(28-18)27-13-14-7-4-3-5-8-14/h1,3-10,12,20H,11,13H2,(H,21,22,24). The average Bonchev–Trinajstić information content (AvgIpc) is 3.19. The van der Waals surface area contributed by atoms with Gasteiger partial charge in [0.1, 0.15) is 0 Å². The molecule has 0 saturated heterocycles. The summed E-state index contributed by atoms with van der Waals surface area (Å²) < 4.78 is 27.3. The van der Waals surface area contributed by atoms with E-state index in [2.05, 4.69) is 26.2 Å². The molecule has 0 aliphatic heterocycles. The normalized spacial score (nSPS) is 11.0. The molecule has 2 aromatic carbocycles. The van der Waals surface area contributed by atoms with Crippen molar-refractivity contribution < 1.29 is 13.2 Å². The highest BCUT2D eigenvalue weighted by Crippen LogP contribution is 2.28. The van der Waals surface area contributed by atoms with E-state index in [1.165, 1.54) is 47.4 Å². The summed E-state index contributed by atoms with van der Waals surface area (Å²) in [5.74, 6) is 2.47. The van der Waals surface area contributed by atoms with E-state index in [9.17, 15) is 13.2 Å². The molecule has 0 bridgehead atoms. The molecule has 1 heterocycles. The van der Waals surface area contributed by atoms with Crippen molar-refractivity contribution in [2.75, 3.05) is 11.9 Å². The van der Waals surface area contributed by atoms with Crippen molar-refractivity contribution in [3.8, 4) is 12.3 Å². The van der Waals surface area contributed by atoms with Crippen LogP contribution in [0.5, 0.6) is 0 Å². The van der Waals surface area contributed by atoms with Crippen LogP contribution in [0.3, 0.4) is 0 Å².